The SMILES string of the molecule is O=C(O)N1CC2(CCC(c3cc(F)cc(Br)c3F)CC2)C1. The largest absolute Gasteiger partial charge is 0.465 e. The highest BCUT2D eigenvalue weighted by atomic mass is 79.9. The van der Waals surface area contributed by atoms with Crippen LogP contribution < -0.4 is 0 Å². The Balaban J connectivity index is 1.68. The van der Waals surface area contributed by atoms with Crippen LogP contribution in [0, 0.1) is 17.0 Å². The van der Waals surface area contributed by atoms with E-state index >= 15 is 0 Å². The van der Waals surface area contributed by atoms with E-state index in [2.05, 4.69) is 15.9 Å². The molecule has 1 amide bonds. The first-order chi connectivity index (χ1) is 9.90. The predicted molar refractivity (Wildman–Crippen MR) is 77.3 cm³/mol. The number of likely N-dealkylation sites (tertiary alicyclic amines) is 1. The van der Waals surface area contributed by atoms with Crippen LogP contribution in [0.1, 0.15) is 37.2 Å². The van der Waals surface area contributed by atoms with E-state index in [0.29, 0.717) is 18.7 Å². The van der Waals surface area contributed by atoms with E-state index < -0.39 is 11.9 Å². The van der Waals surface area contributed by atoms with Gasteiger partial charge in [-0.05, 0) is 65.2 Å². The molecule has 1 aliphatic heterocycles. The Kier molecular flexibility index (Phi) is 3.67. The second-order valence-electron chi connectivity index (χ2n) is 6.20. The Bertz CT molecular complexity index is 577. The number of halogens is 3. The minimum atomic E-state index is -0.872. The summed E-state index contributed by atoms with van der Waals surface area (Å²) < 4.78 is 27.8. The molecular formula is C15H16BrF2NO2. The molecule has 21 heavy (non-hydrogen) atoms. The molecule has 0 atom stereocenters. The third kappa shape index (κ3) is 2.65. The quantitative estimate of drug-likeness (QED) is 0.756. The maximum atomic E-state index is 14.1. The molecule has 1 saturated carbocycles. The van der Waals surface area contributed by atoms with E-state index in [0.717, 1.165) is 31.7 Å². The number of rotatable bonds is 1. The summed E-state index contributed by atoms with van der Waals surface area (Å²) in [6.07, 6.45) is 2.42. The molecule has 6 heteroatoms. The molecule has 2 fully saturated rings. The number of carbonyl (C=O) groups is 1. The van der Waals surface area contributed by atoms with Crippen molar-refractivity contribution in [3.05, 3.63) is 33.8 Å². The van der Waals surface area contributed by atoms with Gasteiger partial charge in [0, 0.05) is 18.5 Å². The number of hydrogen-bond acceptors (Lipinski definition) is 1. The van der Waals surface area contributed by atoms with Gasteiger partial charge in [0.2, 0.25) is 0 Å². The van der Waals surface area contributed by atoms with E-state index in [1.165, 1.54) is 11.0 Å². The van der Waals surface area contributed by atoms with E-state index in [4.69, 9.17) is 5.11 Å². The molecular weight excluding hydrogens is 344 g/mol. The summed E-state index contributed by atoms with van der Waals surface area (Å²) >= 11 is 3.05. The molecule has 1 spiro atoms. The second-order valence-corrected chi connectivity index (χ2v) is 7.06. The third-order valence-electron chi connectivity index (χ3n) is 4.83. The van der Waals surface area contributed by atoms with Crippen LogP contribution in [0.3, 0.4) is 0 Å². The first-order valence-electron chi connectivity index (χ1n) is 7.02. The summed E-state index contributed by atoms with van der Waals surface area (Å²) in [6.45, 7) is 1.15. The number of amides is 1. The number of hydrogen-bond donors (Lipinski definition) is 1. The Morgan fingerprint density at radius 3 is 2.48 bits per heavy atom. The van der Waals surface area contributed by atoms with E-state index in [9.17, 15) is 13.6 Å². The van der Waals surface area contributed by atoms with Crippen molar-refractivity contribution >= 4 is 22.0 Å². The van der Waals surface area contributed by atoms with E-state index in [1.54, 1.807) is 0 Å². The lowest BCUT2D eigenvalue weighted by Gasteiger charge is -2.52. The molecule has 3 rings (SSSR count). The minimum absolute atomic E-state index is 0.0153. The molecule has 1 aromatic carbocycles. The second kappa shape index (κ2) is 5.23. The molecule has 1 saturated heterocycles. The van der Waals surface area contributed by atoms with Crippen molar-refractivity contribution in [2.75, 3.05) is 13.1 Å². The average molecular weight is 360 g/mol. The summed E-state index contributed by atoms with van der Waals surface area (Å²) in [5.41, 5.74) is 0.502. The van der Waals surface area contributed by atoms with E-state index in [-0.39, 0.29) is 21.6 Å². The average Bonchev–Trinajstić information content (AvgIpc) is 2.40. The normalized spacial score (nSPS) is 21.4. The molecule has 0 bridgehead atoms. The fourth-order valence-electron chi connectivity index (χ4n) is 3.63. The van der Waals surface area contributed by atoms with Gasteiger partial charge < -0.3 is 10.0 Å². The first kappa shape index (κ1) is 14.8. The van der Waals surface area contributed by atoms with Gasteiger partial charge in [0.1, 0.15) is 11.6 Å². The van der Waals surface area contributed by atoms with Gasteiger partial charge in [0.05, 0.1) is 4.47 Å². The van der Waals surface area contributed by atoms with Crippen LogP contribution in [-0.2, 0) is 0 Å². The zero-order valence-electron chi connectivity index (χ0n) is 11.4. The summed E-state index contributed by atoms with van der Waals surface area (Å²) in [5.74, 6) is -0.793. The minimum Gasteiger partial charge on any atom is -0.465 e. The topological polar surface area (TPSA) is 40.5 Å². The van der Waals surface area contributed by atoms with Crippen LogP contribution in [0.15, 0.2) is 16.6 Å². The zero-order chi connectivity index (χ0) is 15.2. The number of carboxylic acid groups (broad SMARTS) is 1. The summed E-state index contributed by atoms with van der Waals surface area (Å²) in [5, 5.41) is 8.90. The zero-order valence-corrected chi connectivity index (χ0v) is 13.0. The Morgan fingerprint density at radius 2 is 1.90 bits per heavy atom. The molecule has 0 radical (unpaired) electrons. The van der Waals surface area contributed by atoms with Gasteiger partial charge in [-0.25, -0.2) is 13.6 Å². The lowest BCUT2D eigenvalue weighted by Crippen LogP contribution is -2.59. The van der Waals surface area contributed by atoms with Crippen molar-refractivity contribution in [1.29, 1.82) is 0 Å². The molecule has 0 aromatic heterocycles. The molecule has 114 valence electrons. The third-order valence-corrected chi connectivity index (χ3v) is 5.41. The van der Waals surface area contributed by atoms with Crippen LogP contribution in [0.5, 0.6) is 0 Å². The van der Waals surface area contributed by atoms with Gasteiger partial charge in [-0.3, -0.25) is 0 Å². The van der Waals surface area contributed by atoms with Crippen molar-refractivity contribution in [3.8, 4) is 0 Å². The Morgan fingerprint density at radius 1 is 1.29 bits per heavy atom. The van der Waals surface area contributed by atoms with Crippen molar-refractivity contribution in [3.63, 3.8) is 0 Å². The van der Waals surface area contributed by atoms with Crippen molar-refractivity contribution < 1.29 is 18.7 Å². The fourth-order valence-corrected chi connectivity index (χ4v) is 4.08. The molecule has 1 heterocycles. The molecule has 1 aliphatic carbocycles. The highest BCUT2D eigenvalue weighted by Gasteiger charge is 2.47. The highest BCUT2D eigenvalue weighted by Crippen LogP contribution is 2.48. The molecule has 3 nitrogen and oxygen atoms in total. The van der Waals surface area contributed by atoms with Crippen molar-refractivity contribution in [2.45, 2.75) is 31.6 Å². The van der Waals surface area contributed by atoms with Gasteiger partial charge in [-0.15, -0.1) is 0 Å². The van der Waals surface area contributed by atoms with Crippen molar-refractivity contribution in [1.82, 2.24) is 4.90 Å². The fraction of sp³-hybridized carbons (Fsp3) is 0.533. The monoisotopic (exact) mass is 359 g/mol. The van der Waals surface area contributed by atoms with Gasteiger partial charge in [0.15, 0.2) is 0 Å². The smallest absolute Gasteiger partial charge is 0.407 e. The molecule has 0 unspecified atom stereocenters. The Labute approximate surface area is 130 Å². The van der Waals surface area contributed by atoms with Gasteiger partial charge >= 0.3 is 6.09 Å². The lowest BCUT2D eigenvalue weighted by atomic mass is 9.65. The van der Waals surface area contributed by atoms with Crippen LogP contribution in [0.4, 0.5) is 13.6 Å². The summed E-state index contributed by atoms with van der Waals surface area (Å²) in [4.78, 5) is 12.3. The van der Waals surface area contributed by atoms with Crippen molar-refractivity contribution in [2.24, 2.45) is 5.41 Å². The molecule has 2 aliphatic rings. The maximum absolute atomic E-state index is 14.1. The van der Waals surface area contributed by atoms with Gasteiger partial charge in [-0.1, -0.05) is 0 Å². The van der Waals surface area contributed by atoms with Crippen LogP contribution >= 0.6 is 15.9 Å². The number of nitrogens with zero attached hydrogens (tertiary/aromatic N) is 1. The summed E-state index contributed by atoms with van der Waals surface area (Å²) in [7, 11) is 0. The maximum Gasteiger partial charge on any atom is 0.407 e. The van der Waals surface area contributed by atoms with Gasteiger partial charge in [0.25, 0.3) is 0 Å². The van der Waals surface area contributed by atoms with Crippen LogP contribution in [0.2, 0.25) is 0 Å². The predicted octanol–water partition coefficient (Wildman–Crippen LogP) is 4.36. The Hall–Kier alpha value is -1.17. The molecule has 1 N–H and O–H groups in total. The summed E-state index contributed by atoms with van der Waals surface area (Å²) in [6, 6.07) is 2.42. The standard InChI is InChI=1S/C15H16BrF2NO2/c16-12-6-10(17)5-11(13(12)18)9-1-3-15(4-2-9)7-19(8-15)14(20)21/h5-6,9H,1-4,7-8H2,(H,20,21). The molecule has 1 aromatic rings. The lowest BCUT2D eigenvalue weighted by molar-refractivity contribution is -0.0189. The van der Waals surface area contributed by atoms with Crippen LogP contribution in [-0.4, -0.2) is 29.2 Å². The first-order valence-corrected chi connectivity index (χ1v) is 7.82. The highest BCUT2D eigenvalue weighted by molar-refractivity contribution is 9.10. The number of benzene rings is 1. The van der Waals surface area contributed by atoms with Gasteiger partial charge in [-0.2, -0.15) is 0 Å². The van der Waals surface area contributed by atoms with Crippen LogP contribution in [0.25, 0.3) is 0 Å². The van der Waals surface area contributed by atoms with E-state index in [1.807, 2.05) is 0 Å².